The molecule has 0 saturated heterocycles. The van der Waals surface area contributed by atoms with Crippen LogP contribution in [0.1, 0.15) is 17.2 Å². The van der Waals surface area contributed by atoms with Crippen LogP contribution in [0.4, 0.5) is 0 Å². The summed E-state index contributed by atoms with van der Waals surface area (Å²) in [5.74, 6) is 0.843. The predicted molar refractivity (Wildman–Crippen MR) is 109 cm³/mol. The van der Waals surface area contributed by atoms with Crippen molar-refractivity contribution in [1.29, 1.82) is 0 Å². The maximum atomic E-state index is 13.1. The van der Waals surface area contributed by atoms with Crippen LogP contribution in [0, 0.1) is 0 Å². The van der Waals surface area contributed by atoms with Crippen molar-refractivity contribution in [3.63, 3.8) is 0 Å². The van der Waals surface area contributed by atoms with Gasteiger partial charge in [-0.15, -0.1) is 0 Å². The second kappa shape index (κ2) is 8.91. The van der Waals surface area contributed by atoms with E-state index in [0.717, 1.165) is 11.1 Å². The second-order valence-electron chi connectivity index (χ2n) is 6.29. The molecule has 0 spiro atoms. The van der Waals surface area contributed by atoms with Gasteiger partial charge in [-0.3, -0.25) is 0 Å². The first-order valence-corrected chi connectivity index (χ1v) is 10.3. The van der Waals surface area contributed by atoms with Gasteiger partial charge in [-0.1, -0.05) is 60.7 Å². The van der Waals surface area contributed by atoms with Crippen LogP contribution in [0.25, 0.3) is 0 Å². The summed E-state index contributed by atoms with van der Waals surface area (Å²) in [6, 6.07) is 23.5. The smallest absolute Gasteiger partial charge is 0.241 e. The molecule has 0 heterocycles. The number of hydrogen-bond donors (Lipinski definition) is 1. The Morgan fingerprint density at radius 3 is 2.04 bits per heavy atom. The highest BCUT2D eigenvalue weighted by Gasteiger charge is 2.23. The Morgan fingerprint density at radius 2 is 1.43 bits per heavy atom. The zero-order valence-corrected chi connectivity index (χ0v) is 16.6. The number of methoxy groups -OCH3 is 2. The molecule has 0 fully saturated rings. The first-order chi connectivity index (χ1) is 13.5. The number of hydrogen-bond acceptors (Lipinski definition) is 4. The largest absolute Gasteiger partial charge is 0.493 e. The van der Waals surface area contributed by atoms with Crippen molar-refractivity contribution >= 4 is 10.0 Å². The van der Waals surface area contributed by atoms with Gasteiger partial charge in [-0.25, -0.2) is 13.1 Å². The average Bonchev–Trinajstić information content (AvgIpc) is 2.74. The molecule has 146 valence electrons. The number of nitrogens with one attached hydrogen (secondary N) is 1. The summed E-state index contributed by atoms with van der Waals surface area (Å²) >= 11 is 0. The third-order valence-corrected chi connectivity index (χ3v) is 5.92. The van der Waals surface area contributed by atoms with Gasteiger partial charge in [0.2, 0.25) is 10.0 Å². The lowest BCUT2D eigenvalue weighted by Gasteiger charge is -2.20. The molecule has 0 bridgehead atoms. The molecule has 3 aromatic carbocycles. The summed E-state index contributed by atoms with van der Waals surface area (Å²) in [4.78, 5) is 0.124. The molecule has 5 nitrogen and oxygen atoms in total. The average molecular weight is 397 g/mol. The molecular formula is C22H23NO4S. The van der Waals surface area contributed by atoms with Crippen molar-refractivity contribution in [2.45, 2.75) is 17.4 Å². The molecule has 1 N–H and O–H groups in total. The maximum absolute atomic E-state index is 13.1. The molecule has 1 unspecified atom stereocenters. The summed E-state index contributed by atoms with van der Waals surface area (Å²) in [7, 11) is -0.785. The van der Waals surface area contributed by atoms with Crippen molar-refractivity contribution in [3.05, 3.63) is 90.0 Å². The summed E-state index contributed by atoms with van der Waals surface area (Å²) < 4.78 is 39.4. The van der Waals surface area contributed by atoms with Crippen molar-refractivity contribution in [1.82, 2.24) is 4.72 Å². The Hall–Kier alpha value is -2.83. The summed E-state index contributed by atoms with van der Waals surface area (Å²) in [6.45, 7) is 0. The van der Waals surface area contributed by atoms with E-state index in [9.17, 15) is 8.42 Å². The third kappa shape index (κ3) is 4.71. The lowest BCUT2D eigenvalue weighted by molar-refractivity contribution is 0.354. The predicted octanol–water partition coefficient (Wildman–Crippen LogP) is 3.97. The van der Waals surface area contributed by atoms with Crippen molar-refractivity contribution in [3.8, 4) is 11.5 Å². The van der Waals surface area contributed by atoms with Crippen LogP contribution in [0.15, 0.2) is 83.8 Å². The fraction of sp³-hybridized carbons (Fsp3) is 0.182. The van der Waals surface area contributed by atoms with Crippen LogP contribution in [0.5, 0.6) is 11.5 Å². The van der Waals surface area contributed by atoms with E-state index < -0.39 is 16.1 Å². The maximum Gasteiger partial charge on any atom is 0.241 e. The van der Waals surface area contributed by atoms with Gasteiger partial charge in [-0.2, -0.15) is 0 Å². The summed E-state index contributed by atoms with van der Waals surface area (Å²) in [5.41, 5.74) is 1.95. The van der Waals surface area contributed by atoms with Crippen LogP contribution in [0.2, 0.25) is 0 Å². The minimum atomic E-state index is -3.77. The Balaban J connectivity index is 1.93. The fourth-order valence-electron chi connectivity index (χ4n) is 3.00. The van der Waals surface area contributed by atoms with E-state index in [4.69, 9.17) is 9.47 Å². The SMILES string of the molecule is COc1ccc(S(=O)(=O)NC(Cc2ccccc2)c2ccccc2)cc1OC. The molecule has 0 aliphatic rings. The van der Waals surface area contributed by atoms with Gasteiger partial charge < -0.3 is 9.47 Å². The lowest BCUT2D eigenvalue weighted by Crippen LogP contribution is -2.30. The van der Waals surface area contributed by atoms with E-state index in [1.807, 2.05) is 60.7 Å². The van der Waals surface area contributed by atoms with Gasteiger partial charge in [0.1, 0.15) is 0 Å². The van der Waals surface area contributed by atoms with Gasteiger partial charge in [0.25, 0.3) is 0 Å². The molecule has 0 saturated carbocycles. The minimum Gasteiger partial charge on any atom is -0.493 e. The highest BCUT2D eigenvalue weighted by Crippen LogP contribution is 2.30. The Kier molecular flexibility index (Phi) is 6.34. The minimum absolute atomic E-state index is 0.124. The van der Waals surface area contributed by atoms with E-state index in [2.05, 4.69) is 4.72 Å². The Labute approximate surface area is 166 Å². The number of rotatable bonds is 8. The molecule has 0 aliphatic carbocycles. The van der Waals surface area contributed by atoms with Crippen LogP contribution < -0.4 is 14.2 Å². The van der Waals surface area contributed by atoms with E-state index in [0.29, 0.717) is 17.9 Å². The molecular weight excluding hydrogens is 374 g/mol. The first-order valence-electron chi connectivity index (χ1n) is 8.86. The number of ether oxygens (including phenoxy) is 2. The molecule has 6 heteroatoms. The van der Waals surface area contributed by atoms with Gasteiger partial charge in [0.15, 0.2) is 11.5 Å². The second-order valence-corrected chi connectivity index (χ2v) is 8.01. The monoisotopic (exact) mass is 397 g/mol. The highest BCUT2D eigenvalue weighted by molar-refractivity contribution is 7.89. The van der Waals surface area contributed by atoms with Gasteiger partial charge in [-0.05, 0) is 29.7 Å². The number of benzene rings is 3. The van der Waals surface area contributed by atoms with E-state index >= 15 is 0 Å². The summed E-state index contributed by atoms with van der Waals surface area (Å²) in [5, 5.41) is 0. The third-order valence-electron chi connectivity index (χ3n) is 4.45. The molecule has 0 aromatic heterocycles. The quantitative estimate of drug-likeness (QED) is 0.625. The lowest BCUT2D eigenvalue weighted by atomic mass is 10.00. The highest BCUT2D eigenvalue weighted by atomic mass is 32.2. The first kappa shape index (κ1) is 19.9. The zero-order chi connectivity index (χ0) is 20.0. The van der Waals surface area contributed by atoms with Crippen LogP contribution >= 0.6 is 0 Å². The molecule has 0 aliphatic heterocycles. The van der Waals surface area contributed by atoms with Crippen molar-refractivity contribution in [2.24, 2.45) is 0 Å². The van der Waals surface area contributed by atoms with Gasteiger partial charge in [0.05, 0.1) is 25.2 Å². The molecule has 0 radical (unpaired) electrons. The van der Waals surface area contributed by atoms with E-state index in [1.54, 1.807) is 6.07 Å². The van der Waals surface area contributed by atoms with Crippen molar-refractivity contribution < 1.29 is 17.9 Å². The summed E-state index contributed by atoms with van der Waals surface area (Å²) in [6.07, 6.45) is 0.539. The van der Waals surface area contributed by atoms with E-state index in [-0.39, 0.29) is 4.90 Å². The van der Waals surface area contributed by atoms with Crippen molar-refractivity contribution in [2.75, 3.05) is 14.2 Å². The number of sulfonamides is 1. The van der Waals surface area contributed by atoms with Gasteiger partial charge in [0, 0.05) is 6.07 Å². The van der Waals surface area contributed by atoms with Gasteiger partial charge >= 0.3 is 0 Å². The topological polar surface area (TPSA) is 64.6 Å². The fourth-order valence-corrected chi connectivity index (χ4v) is 4.24. The van der Waals surface area contributed by atoms with Crippen LogP contribution in [-0.2, 0) is 16.4 Å². The normalized spacial score (nSPS) is 12.4. The molecule has 28 heavy (non-hydrogen) atoms. The van der Waals surface area contributed by atoms with Crippen LogP contribution in [-0.4, -0.2) is 22.6 Å². The zero-order valence-electron chi connectivity index (χ0n) is 15.8. The van der Waals surface area contributed by atoms with Crippen LogP contribution in [0.3, 0.4) is 0 Å². The molecule has 1 atom stereocenters. The van der Waals surface area contributed by atoms with E-state index in [1.165, 1.54) is 26.4 Å². The Morgan fingerprint density at radius 1 is 0.821 bits per heavy atom. The molecule has 0 amide bonds. The Bertz CT molecular complexity index is 1010. The standard InChI is InChI=1S/C22H23NO4S/c1-26-21-14-13-19(16-22(21)27-2)28(24,25)23-20(18-11-7-4-8-12-18)15-17-9-5-3-6-10-17/h3-14,16,20,23H,15H2,1-2H3. The molecule has 3 rings (SSSR count). The molecule has 3 aromatic rings.